The number of thioether (sulfide) groups is 1. The normalized spacial score (nSPS) is 15.4. The summed E-state index contributed by atoms with van der Waals surface area (Å²) in [6.45, 7) is 3.08. The van der Waals surface area contributed by atoms with Gasteiger partial charge in [0.1, 0.15) is 0 Å². The van der Waals surface area contributed by atoms with Gasteiger partial charge in [-0.25, -0.2) is 0 Å². The summed E-state index contributed by atoms with van der Waals surface area (Å²) in [6.07, 6.45) is 7.72. The zero-order valence-corrected chi connectivity index (χ0v) is 12.5. The van der Waals surface area contributed by atoms with Crippen LogP contribution in [0.25, 0.3) is 0 Å². The van der Waals surface area contributed by atoms with Crippen LogP contribution in [0.2, 0.25) is 0 Å². The van der Waals surface area contributed by atoms with Crippen molar-refractivity contribution in [1.29, 1.82) is 0 Å². The molecule has 20 heavy (non-hydrogen) atoms. The van der Waals surface area contributed by atoms with E-state index in [1.807, 2.05) is 19.1 Å². The van der Waals surface area contributed by atoms with Gasteiger partial charge in [-0.05, 0) is 37.5 Å². The van der Waals surface area contributed by atoms with E-state index in [0.717, 1.165) is 11.4 Å². The van der Waals surface area contributed by atoms with Crippen LogP contribution >= 0.6 is 11.8 Å². The van der Waals surface area contributed by atoms with Crippen LogP contribution in [0.5, 0.6) is 0 Å². The van der Waals surface area contributed by atoms with Crippen molar-refractivity contribution in [3.8, 4) is 12.3 Å². The molecule has 3 nitrogen and oxygen atoms in total. The summed E-state index contributed by atoms with van der Waals surface area (Å²) in [5.41, 5.74) is 1.26. The Labute approximate surface area is 124 Å². The van der Waals surface area contributed by atoms with Crippen molar-refractivity contribution in [2.24, 2.45) is 0 Å². The molecular weight excluding hydrogens is 268 g/mol. The molecule has 4 heteroatoms. The first kappa shape index (κ1) is 15.0. The molecule has 0 radical (unpaired) electrons. The number of carbonyl (C=O) groups excluding carboxylic acids is 1. The Morgan fingerprint density at radius 3 is 3.05 bits per heavy atom. The van der Waals surface area contributed by atoms with Crippen molar-refractivity contribution in [2.75, 3.05) is 6.54 Å². The van der Waals surface area contributed by atoms with Crippen molar-refractivity contribution in [2.45, 2.75) is 42.5 Å². The summed E-state index contributed by atoms with van der Waals surface area (Å²) >= 11 is 1.56. The molecular formula is C16H20N2OS. The molecule has 0 bridgehead atoms. The predicted octanol–water partition coefficient (Wildman–Crippen LogP) is 2.17. The number of rotatable bonds is 7. The van der Waals surface area contributed by atoms with Crippen molar-refractivity contribution in [3.63, 3.8) is 0 Å². The summed E-state index contributed by atoms with van der Waals surface area (Å²) in [5.74, 6) is 2.39. The highest BCUT2D eigenvalue weighted by Gasteiger charge is 2.20. The quantitative estimate of drug-likeness (QED) is 0.597. The van der Waals surface area contributed by atoms with Gasteiger partial charge in [0.25, 0.3) is 0 Å². The van der Waals surface area contributed by atoms with E-state index < -0.39 is 0 Å². The third kappa shape index (κ3) is 4.92. The van der Waals surface area contributed by atoms with Crippen LogP contribution in [0.15, 0.2) is 29.2 Å². The molecule has 106 valence electrons. The number of amides is 1. The molecule has 0 aliphatic heterocycles. The second-order valence-corrected chi connectivity index (χ2v) is 6.40. The van der Waals surface area contributed by atoms with Gasteiger partial charge in [-0.15, -0.1) is 18.2 Å². The fourth-order valence-electron chi connectivity index (χ4n) is 1.82. The Kier molecular flexibility index (Phi) is 5.51. The maximum atomic E-state index is 11.8. The topological polar surface area (TPSA) is 41.1 Å². The Morgan fingerprint density at radius 2 is 2.35 bits per heavy atom. The lowest BCUT2D eigenvalue weighted by Gasteiger charge is -2.11. The van der Waals surface area contributed by atoms with Crippen LogP contribution < -0.4 is 10.6 Å². The number of hydrogen-bond acceptors (Lipinski definition) is 3. The molecule has 1 aliphatic carbocycles. The van der Waals surface area contributed by atoms with Crippen LogP contribution in [0.3, 0.4) is 0 Å². The van der Waals surface area contributed by atoms with E-state index in [2.05, 4.69) is 28.7 Å². The molecule has 1 saturated carbocycles. The van der Waals surface area contributed by atoms with Gasteiger partial charge in [-0.3, -0.25) is 4.79 Å². The third-order valence-electron chi connectivity index (χ3n) is 3.12. The van der Waals surface area contributed by atoms with E-state index in [4.69, 9.17) is 6.42 Å². The van der Waals surface area contributed by atoms with E-state index in [0.29, 0.717) is 6.04 Å². The Morgan fingerprint density at radius 1 is 1.55 bits per heavy atom. The lowest BCUT2D eigenvalue weighted by atomic mass is 10.2. The number of hydrogen-bond donors (Lipinski definition) is 2. The standard InChI is InChI=1S/C16H20N2OS/c1-3-9-17-16(19)12(2)20-15-6-4-5-13(10-15)11-18-14-7-8-14/h1,4-6,10,12,14,18H,7-9,11H2,2H3,(H,17,19). The number of terminal acetylenes is 1. The smallest absolute Gasteiger partial charge is 0.233 e. The first-order valence-corrected chi connectivity index (χ1v) is 7.77. The highest BCUT2D eigenvalue weighted by molar-refractivity contribution is 8.00. The van der Waals surface area contributed by atoms with Gasteiger partial charge in [-0.2, -0.15) is 0 Å². The van der Waals surface area contributed by atoms with E-state index >= 15 is 0 Å². The van der Waals surface area contributed by atoms with Gasteiger partial charge < -0.3 is 10.6 Å². The molecule has 0 aromatic heterocycles. The van der Waals surface area contributed by atoms with Gasteiger partial charge in [-0.1, -0.05) is 18.1 Å². The Bertz CT molecular complexity index is 505. The summed E-state index contributed by atoms with van der Waals surface area (Å²) < 4.78 is 0. The fraction of sp³-hybridized carbons (Fsp3) is 0.438. The van der Waals surface area contributed by atoms with Crippen molar-refractivity contribution in [1.82, 2.24) is 10.6 Å². The fourth-order valence-corrected chi connectivity index (χ4v) is 2.79. The van der Waals surface area contributed by atoms with Crippen LogP contribution in [0.4, 0.5) is 0 Å². The summed E-state index contributed by atoms with van der Waals surface area (Å²) in [4.78, 5) is 12.9. The SMILES string of the molecule is C#CCNC(=O)C(C)Sc1cccc(CNC2CC2)c1. The summed E-state index contributed by atoms with van der Waals surface area (Å²) in [7, 11) is 0. The second-order valence-electron chi connectivity index (χ2n) is 4.98. The minimum Gasteiger partial charge on any atom is -0.344 e. The van der Waals surface area contributed by atoms with Crippen LogP contribution in [-0.4, -0.2) is 23.7 Å². The third-order valence-corrected chi connectivity index (χ3v) is 4.21. The monoisotopic (exact) mass is 288 g/mol. The van der Waals surface area contributed by atoms with Gasteiger partial charge >= 0.3 is 0 Å². The highest BCUT2D eigenvalue weighted by Crippen LogP contribution is 2.25. The maximum Gasteiger partial charge on any atom is 0.233 e. The molecule has 0 saturated heterocycles. The first-order chi connectivity index (χ1) is 9.69. The molecule has 1 unspecified atom stereocenters. The van der Waals surface area contributed by atoms with Crippen LogP contribution in [-0.2, 0) is 11.3 Å². The first-order valence-electron chi connectivity index (χ1n) is 6.89. The minimum atomic E-state index is -0.144. The Balaban J connectivity index is 1.86. The molecule has 2 N–H and O–H groups in total. The van der Waals surface area contributed by atoms with Crippen LogP contribution in [0.1, 0.15) is 25.3 Å². The largest absolute Gasteiger partial charge is 0.344 e. The van der Waals surface area contributed by atoms with Crippen molar-refractivity contribution < 1.29 is 4.79 Å². The number of benzene rings is 1. The average molecular weight is 288 g/mol. The van der Waals surface area contributed by atoms with Gasteiger partial charge in [0, 0.05) is 17.5 Å². The predicted molar refractivity (Wildman–Crippen MR) is 83.5 cm³/mol. The zero-order chi connectivity index (χ0) is 14.4. The molecule has 0 spiro atoms. The van der Waals surface area contributed by atoms with Gasteiger partial charge in [0.2, 0.25) is 5.91 Å². The second kappa shape index (κ2) is 7.37. The highest BCUT2D eigenvalue weighted by atomic mass is 32.2. The molecule has 1 aromatic carbocycles. The zero-order valence-electron chi connectivity index (χ0n) is 11.7. The molecule has 0 heterocycles. The maximum absolute atomic E-state index is 11.8. The molecule has 1 fully saturated rings. The number of nitrogens with one attached hydrogen (secondary N) is 2. The molecule has 1 aromatic rings. The van der Waals surface area contributed by atoms with Gasteiger partial charge in [0.05, 0.1) is 11.8 Å². The molecule has 1 aliphatic rings. The average Bonchev–Trinajstić information content (AvgIpc) is 3.27. The summed E-state index contributed by atoms with van der Waals surface area (Å²) in [6, 6.07) is 9.04. The number of carbonyl (C=O) groups is 1. The van der Waals surface area contributed by atoms with Crippen molar-refractivity contribution in [3.05, 3.63) is 29.8 Å². The van der Waals surface area contributed by atoms with E-state index in [1.165, 1.54) is 18.4 Å². The lowest BCUT2D eigenvalue weighted by molar-refractivity contribution is -0.120. The molecule has 1 atom stereocenters. The Hall–Kier alpha value is -1.44. The van der Waals surface area contributed by atoms with E-state index in [-0.39, 0.29) is 17.7 Å². The van der Waals surface area contributed by atoms with Crippen LogP contribution in [0, 0.1) is 12.3 Å². The van der Waals surface area contributed by atoms with Gasteiger partial charge in [0.15, 0.2) is 0 Å². The van der Waals surface area contributed by atoms with E-state index in [9.17, 15) is 4.79 Å². The lowest BCUT2D eigenvalue weighted by Crippen LogP contribution is -2.31. The minimum absolute atomic E-state index is 0.0190. The van der Waals surface area contributed by atoms with E-state index in [1.54, 1.807) is 11.8 Å². The molecule has 2 rings (SSSR count). The molecule has 1 amide bonds. The van der Waals surface area contributed by atoms with Crippen molar-refractivity contribution >= 4 is 17.7 Å². The summed E-state index contributed by atoms with van der Waals surface area (Å²) in [5, 5.41) is 6.06.